The lowest BCUT2D eigenvalue weighted by atomic mass is 9.97. The Balaban J connectivity index is 1.77. The maximum Gasteiger partial charge on any atom is 0.416 e. The fourth-order valence-electron chi connectivity index (χ4n) is 4.10. The molecule has 3 nitrogen and oxygen atoms in total. The molecule has 1 aliphatic rings. The van der Waals surface area contributed by atoms with Crippen molar-refractivity contribution in [3.8, 4) is 11.5 Å². The van der Waals surface area contributed by atoms with Crippen LogP contribution in [-0.4, -0.2) is 5.91 Å². The van der Waals surface area contributed by atoms with Gasteiger partial charge in [0.05, 0.1) is 11.1 Å². The first kappa shape index (κ1) is 25.7. The van der Waals surface area contributed by atoms with Crippen LogP contribution < -0.4 is 10.1 Å². The van der Waals surface area contributed by atoms with Crippen molar-refractivity contribution in [1.29, 1.82) is 0 Å². The van der Waals surface area contributed by atoms with Gasteiger partial charge in [0.25, 0.3) is 5.91 Å². The van der Waals surface area contributed by atoms with Gasteiger partial charge < -0.3 is 10.1 Å². The molecule has 36 heavy (non-hydrogen) atoms. The van der Waals surface area contributed by atoms with E-state index in [0.29, 0.717) is 30.4 Å². The van der Waals surface area contributed by atoms with Crippen molar-refractivity contribution in [2.45, 2.75) is 58.0 Å². The van der Waals surface area contributed by atoms with E-state index in [1.165, 1.54) is 42.5 Å². The van der Waals surface area contributed by atoms with Crippen LogP contribution in [0, 0.1) is 18.6 Å². The number of hydrogen-bond acceptors (Lipinski definition) is 2. The van der Waals surface area contributed by atoms with Crippen molar-refractivity contribution in [3.05, 3.63) is 88.0 Å². The maximum atomic E-state index is 14.3. The van der Waals surface area contributed by atoms with E-state index in [9.17, 15) is 26.7 Å². The van der Waals surface area contributed by atoms with Crippen LogP contribution >= 0.6 is 0 Å². The van der Waals surface area contributed by atoms with Crippen molar-refractivity contribution >= 4 is 11.6 Å². The number of hydrogen-bond donors (Lipinski definition) is 1. The molecule has 0 saturated heterocycles. The van der Waals surface area contributed by atoms with E-state index >= 15 is 0 Å². The minimum Gasteiger partial charge on any atom is -0.456 e. The number of amides is 1. The van der Waals surface area contributed by atoms with Crippen LogP contribution in [0.3, 0.4) is 0 Å². The van der Waals surface area contributed by atoms with E-state index in [1.54, 1.807) is 6.92 Å². The highest BCUT2D eigenvalue weighted by molar-refractivity contribution is 6.06. The lowest BCUT2D eigenvalue weighted by Crippen LogP contribution is -2.17. The monoisotopic (exact) mass is 503 g/mol. The second-order valence-corrected chi connectivity index (χ2v) is 9.22. The van der Waals surface area contributed by atoms with Gasteiger partial charge >= 0.3 is 6.18 Å². The molecule has 190 valence electrons. The summed E-state index contributed by atoms with van der Waals surface area (Å²) in [6.45, 7) is 5.34. The van der Waals surface area contributed by atoms with Gasteiger partial charge in [-0.3, -0.25) is 4.79 Å². The zero-order valence-corrected chi connectivity index (χ0v) is 20.1. The van der Waals surface area contributed by atoms with E-state index < -0.39 is 29.3 Å². The van der Waals surface area contributed by atoms with Crippen molar-refractivity contribution in [2.24, 2.45) is 0 Å². The molecule has 3 aromatic rings. The van der Waals surface area contributed by atoms with E-state index in [0.717, 1.165) is 6.07 Å². The minimum atomic E-state index is -4.67. The third-order valence-corrected chi connectivity index (χ3v) is 6.47. The quantitative estimate of drug-likeness (QED) is 0.328. The number of aryl methyl sites for hydroxylation is 1. The zero-order valence-electron chi connectivity index (χ0n) is 20.1. The number of benzene rings is 3. The van der Waals surface area contributed by atoms with E-state index in [1.807, 2.05) is 13.8 Å². The predicted octanol–water partition coefficient (Wildman–Crippen LogP) is 8.73. The highest BCUT2D eigenvalue weighted by Gasteiger charge is 2.40. The first-order valence-electron chi connectivity index (χ1n) is 11.8. The van der Waals surface area contributed by atoms with Crippen molar-refractivity contribution < 1.29 is 31.5 Å². The van der Waals surface area contributed by atoms with Gasteiger partial charge in [0.15, 0.2) is 0 Å². The Morgan fingerprint density at radius 3 is 2.39 bits per heavy atom. The third kappa shape index (κ3) is 5.53. The molecule has 1 amide bonds. The van der Waals surface area contributed by atoms with Crippen molar-refractivity contribution in [3.63, 3.8) is 0 Å². The summed E-state index contributed by atoms with van der Waals surface area (Å²) in [5.74, 6) is -1.99. The summed E-state index contributed by atoms with van der Waals surface area (Å²) in [4.78, 5) is 13.3. The summed E-state index contributed by atoms with van der Waals surface area (Å²) in [5.41, 5.74) is -0.0857. The fourth-order valence-corrected chi connectivity index (χ4v) is 4.10. The van der Waals surface area contributed by atoms with Crippen molar-refractivity contribution in [2.75, 3.05) is 5.32 Å². The van der Waals surface area contributed by atoms with Gasteiger partial charge in [0.1, 0.15) is 23.1 Å². The first-order chi connectivity index (χ1) is 17.0. The Morgan fingerprint density at radius 2 is 1.78 bits per heavy atom. The Kier molecular flexibility index (Phi) is 7.07. The van der Waals surface area contributed by atoms with Gasteiger partial charge in [0, 0.05) is 5.69 Å². The second kappa shape index (κ2) is 9.91. The number of carbonyl (C=O) groups is 1. The molecule has 3 aromatic carbocycles. The molecule has 0 bridgehead atoms. The second-order valence-electron chi connectivity index (χ2n) is 9.22. The molecule has 0 heterocycles. The summed E-state index contributed by atoms with van der Waals surface area (Å²) in [6.07, 6.45) is -2.78. The zero-order chi connectivity index (χ0) is 26.2. The summed E-state index contributed by atoms with van der Waals surface area (Å²) in [5, 5.41) is 2.58. The molecular formula is C28H26F5NO2. The number of anilines is 1. The van der Waals surface area contributed by atoms with E-state index in [-0.39, 0.29) is 40.1 Å². The van der Waals surface area contributed by atoms with Crippen LogP contribution in [0.2, 0.25) is 0 Å². The molecule has 1 saturated carbocycles. The van der Waals surface area contributed by atoms with Crippen LogP contribution in [0.5, 0.6) is 11.5 Å². The highest BCUT2D eigenvalue weighted by atomic mass is 19.4. The highest BCUT2D eigenvalue weighted by Crippen LogP contribution is 2.48. The molecule has 8 heteroatoms. The molecule has 0 radical (unpaired) electrons. The Labute approximate surface area is 206 Å². The summed E-state index contributed by atoms with van der Waals surface area (Å²) in [7, 11) is 0. The molecule has 0 aromatic heterocycles. The number of halogens is 5. The summed E-state index contributed by atoms with van der Waals surface area (Å²) < 4.78 is 75.5. The SMILES string of the molecule is CCC(C)c1cc(NC(=O)c2cc(C(F)(F)F)c(C3CC3)cc2Oc2ccc(F)cc2C)ccc1F. The van der Waals surface area contributed by atoms with Crippen LogP contribution in [0.4, 0.5) is 27.6 Å². The van der Waals surface area contributed by atoms with Crippen molar-refractivity contribution in [1.82, 2.24) is 0 Å². The van der Waals surface area contributed by atoms with Crippen LogP contribution in [0.1, 0.15) is 77.6 Å². The van der Waals surface area contributed by atoms with Crippen LogP contribution in [0.15, 0.2) is 48.5 Å². The smallest absolute Gasteiger partial charge is 0.416 e. The molecule has 1 N–H and O–H groups in total. The molecule has 0 aliphatic heterocycles. The normalized spacial score (nSPS) is 14.4. The number of nitrogens with one attached hydrogen (secondary N) is 1. The lowest BCUT2D eigenvalue weighted by molar-refractivity contribution is -0.138. The average Bonchev–Trinajstić information content (AvgIpc) is 3.66. The minimum absolute atomic E-state index is 0.0645. The Hall–Kier alpha value is -3.42. The van der Waals surface area contributed by atoms with Crippen LogP contribution in [-0.2, 0) is 6.18 Å². The fraction of sp³-hybridized carbons (Fsp3) is 0.321. The number of carbonyl (C=O) groups excluding carboxylic acids is 1. The molecule has 1 aliphatic carbocycles. The van der Waals surface area contributed by atoms with Gasteiger partial charge in [0.2, 0.25) is 0 Å². The maximum absolute atomic E-state index is 14.3. The number of rotatable bonds is 7. The standard InChI is InChI=1S/C28H26F5NO2/c1-4-15(2)20-12-19(8-9-24(20)30)34-27(35)22-13-23(28(31,32)33)21(17-5-6-17)14-26(22)36-25-10-7-18(29)11-16(25)3/h7-15,17H,4-6H2,1-3H3,(H,34,35). The molecular weight excluding hydrogens is 477 g/mol. The molecule has 1 atom stereocenters. The van der Waals surface area contributed by atoms with Gasteiger partial charge in [-0.25, -0.2) is 8.78 Å². The van der Waals surface area contributed by atoms with Gasteiger partial charge in [-0.05, 0) is 103 Å². The van der Waals surface area contributed by atoms with Gasteiger partial charge in [-0.15, -0.1) is 0 Å². The van der Waals surface area contributed by atoms with E-state index in [4.69, 9.17) is 4.74 Å². The van der Waals surface area contributed by atoms with Gasteiger partial charge in [-0.1, -0.05) is 13.8 Å². The topological polar surface area (TPSA) is 38.3 Å². The molecule has 1 fully saturated rings. The Morgan fingerprint density at radius 1 is 1.06 bits per heavy atom. The summed E-state index contributed by atoms with van der Waals surface area (Å²) in [6, 6.07) is 9.87. The first-order valence-corrected chi connectivity index (χ1v) is 11.8. The van der Waals surface area contributed by atoms with Crippen LogP contribution in [0.25, 0.3) is 0 Å². The average molecular weight is 504 g/mol. The largest absolute Gasteiger partial charge is 0.456 e. The molecule has 1 unspecified atom stereocenters. The molecule has 0 spiro atoms. The Bertz CT molecular complexity index is 1300. The lowest BCUT2D eigenvalue weighted by Gasteiger charge is -2.19. The van der Waals surface area contributed by atoms with E-state index in [2.05, 4.69) is 5.32 Å². The number of alkyl halides is 3. The number of ether oxygens (including phenoxy) is 1. The molecule has 4 rings (SSSR count). The van der Waals surface area contributed by atoms with Gasteiger partial charge in [-0.2, -0.15) is 13.2 Å². The summed E-state index contributed by atoms with van der Waals surface area (Å²) >= 11 is 0. The predicted molar refractivity (Wildman–Crippen MR) is 128 cm³/mol. The third-order valence-electron chi connectivity index (χ3n) is 6.47.